The van der Waals surface area contributed by atoms with Gasteiger partial charge in [-0.1, -0.05) is 49.4 Å². The molecule has 0 fully saturated rings. The first-order chi connectivity index (χ1) is 18.8. The summed E-state index contributed by atoms with van der Waals surface area (Å²) in [5.74, 6) is 0.294. The van der Waals surface area contributed by atoms with Gasteiger partial charge in [0.15, 0.2) is 0 Å². The zero-order valence-corrected chi connectivity index (χ0v) is 22.2. The minimum absolute atomic E-state index is 0.0475. The Kier molecular flexibility index (Phi) is 8.82. The lowest BCUT2D eigenvalue weighted by atomic mass is 9.98. The van der Waals surface area contributed by atoms with Crippen molar-refractivity contribution in [3.05, 3.63) is 102 Å². The molecule has 2 atom stereocenters. The Balaban J connectivity index is 1.42. The maximum atomic E-state index is 13.4. The Hall–Kier alpha value is -4.81. The Morgan fingerprint density at radius 3 is 2.36 bits per heavy atom. The van der Waals surface area contributed by atoms with Gasteiger partial charge in [-0.15, -0.1) is 0 Å². The number of anilines is 1. The van der Waals surface area contributed by atoms with E-state index >= 15 is 0 Å². The SMILES string of the molecule is CC(CN[C@H](C(=O)Nc1ccc(-c2cnn(CC(=O)N(C)C)c2)cn1)c1ccccc1)c1ccc(C#N)cc1. The number of hydrogen-bond acceptors (Lipinski definition) is 6. The number of carbonyl (C=O) groups excluding carboxylic acids is 2. The summed E-state index contributed by atoms with van der Waals surface area (Å²) < 4.78 is 1.59. The molecule has 2 amide bonds. The van der Waals surface area contributed by atoms with E-state index in [1.807, 2.05) is 48.5 Å². The molecule has 1 unspecified atom stereocenters. The molecule has 4 aromatic rings. The maximum absolute atomic E-state index is 13.4. The summed E-state index contributed by atoms with van der Waals surface area (Å²) in [5.41, 5.74) is 4.20. The average molecular weight is 522 g/mol. The second-order valence-corrected chi connectivity index (χ2v) is 9.52. The van der Waals surface area contributed by atoms with Crippen LogP contribution in [0.15, 0.2) is 85.3 Å². The first-order valence-corrected chi connectivity index (χ1v) is 12.6. The van der Waals surface area contributed by atoms with Crippen molar-refractivity contribution in [1.82, 2.24) is 25.0 Å². The second-order valence-electron chi connectivity index (χ2n) is 9.52. The smallest absolute Gasteiger partial charge is 0.247 e. The fourth-order valence-corrected chi connectivity index (χ4v) is 4.02. The first-order valence-electron chi connectivity index (χ1n) is 12.6. The van der Waals surface area contributed by atoms with Gasteiger partial charge in [0.05, 0.1) is 17.8 Å². The number of likely N-dealkylation sites (N-methyl/N-ethyl adjacent to an activating group) is 1. The van der Waals surface area contributed by atoms with E-state index in [-0.39, 0.29) is 24.3 Å². The lowest BCUT2D eigenvalue weighted by molar-refractivity contribution is -0.129. The lowest BCUT2D eigenvalue weighted by Gasteiger charge is -2.21. The zero-order chi connectivity index (χ0) is 27.8. The van der Waals surface area contributed by atoms with E-state index in [4.69, 9.17) is 5.26 Å². The molecule has 2 aromatic carbocycles. The lowest BCUT2D eigenvalue weighted by Crippen LogP contribution is -2.35. The molecule has 0 aliphatic carbocycles. The second kappa shape index (κ2) is 12.6. The molecule has 0 bridgehead atoms. The van der Waals surface area contributed by atoms with Gasteiger partial charge in [0.2, 0.25) is 11.8 Å². The van der Waals surface area contributed by atoms with Crippen molar-refractivity contribution in [2.24, 2.45) is 0 Å². The van der Waals surface area contributed by atoms with Gasteiger partial charge in [-0.05, 0) is 41.3 Å². The van der Waals surface area contributed by atoms with Crippen LogP contribution in [0.1, 0.15) is 35.6 Å². The van der Waals surface area contributed by atoms with Crippen LogP contribution in [0.5, 0.6) is 0 Å². The van der Waals surface area contributed by atoms with Crippen molar-refractivity contribution >= 4 is 17.6 Å². The van der Waals surface area contributed by atoms with Crippen molar-refractivity contribution < 1.29 is 9.59 Å². The van der Waals surface area contributed by atoms with E-state index in [9.17, 15) is 9.59 Å². The van der Waals surface area contributed by atoms with Crippen LogP contribution in [0.25, 0.3) is 11.1 Å². The molecule has 2 heterocycles. The summed E-state index contributed by atoms with van der Waals surface area (Å²) >= 11 is 0. The number of pyridine rings is 1. The zero-order valence-electron chi connectivity index (χ0n) is 22.2. The summed E-state index contributed by atoms with van der Waals surface area (Å²) in [6.45, 7) is 2.80. The Morgan fingerprint density at radius 1 is 0.974 bits per heavy atom. The minimum Gasteiger partial charge on any atom is -0.347 e. The van der Waals surface area contributed by atoms with Crippen LogP contribution in [-0.2, 0) is 16.1 Å². The molecular weight excluding hydrogens is 490 g/mol. The van der Waals surface area contributed by atoms with Gasteiger partial charge in [0, 0.05) is 44.2 Å². The number of carbonyl (C=O) groups is 2. The fourth-order valence-electron chi connectivity index (χ4n) is 4.02. The maximum Gasteiger partial charge on any atom is 0.247 e. The van der Waals surface area contributed by atoms with Gasteiger partial charge < -0.3 is 15.5 Å². The highest BCUT2D eigenvalue weighted by Crippen LogP contribution is 2.22. The van der Waals surface area contributed by atoms with Crippen LogP contribution in [0.4, 0.5) is 5.82 Å². The van der Waals surface area contributed by atoms with E-state index in [1.54, 1.807) is 55.6 Å². The van der Waals surface area contributed by atoms with Crippen molar-refractivity contribution in [2.45, 2.75) is 25.4 Å². The summed E-state index contributed by atoms with van der Waals surface area (Å²) in [4.78, 5) is 31.3. The number of amides is 2. The molecule has 0 aliphatic rings. The molecular formula is C30H31N7O2. The fraction of sp³-hybridized carbons (Fsp3) is 0.233. The minimum atomic E-state index is -0.582. The van der Waals surface area contributed by atoms with Crippen molar-refractivity contribution in [3.8, 4) is 17.2 Å². The quantitative estimate of drug-likeness (QED) is 0.326. The van der Waals surface area contributed by atoms with Crippen LogP contribution in [0, 0.1) is 11.3 Å². The standard InChI is InChI=1S/C30H31N7O2/c1-21(23-11-9-22(15-31)10-12-23)16-33-29(24-7-5-4-6-8-24)30(39)35-27-14-13-25(17-32-27)26-18-34-37(19-26)20-28(38)36(2)3/h4-14,17-19,21,29,33H,16,20H2,1-3H3,(H,32,35,39)/t21?,29-/m0/s1. The van der Waals surface area contributed by atoms with E-state index in [0.717, 1.165) is 22.3 Å². The topological polar surface area (TPSA) is 116 Å². The highest BCUT2D eigenvalue weighted by atomic mass is 16.2. The monoisotopic (exact) mass is 521 g/mol. The highest BCUT2D eigenvalue weighted by molar-refractivity contribution is 5.95. The van der Waals surface area contributed by atoms with Gasteiger partial charge in [0.25, 0.3) is 0 Å². The van der Waals surface area contributed by atoms with E-state index in [2.05, 4.69) is 33.7 Å². The van der Waals surface area contributed by atoms with Gasteiger partial charge in [-0.25, -0.2) is 4.98 Å². The third kappa shape index (κ3) is 7.15. The number of nitrogens with zero attached hydrogens (tertiary/aromatic N) is 5. The van der Waals surface area contributed by atoms with Crippen molar-refractivity contribution in [2.75, 3.05) is 26.0 Å². The van der Waals surface area contributed by atoms with Gasteiger partial charge in [-0.3, -0.25) is 14.3 Å². The molecule has 0 spiro atoms. The summed E-state index contributed by atoms with van der Waals surface area (Å²) in [6.07, 6.45) is 5.15. The molecule has 0 radical (unpaired) electrons. The first kappa shape index (κ1) is 27.2. The molecule has 0 saturated carbocycles. The number of benzene rings is 2. The van der Waals surface area contributed by atoms with Crippen LogP contribution < -0.4 is 10.6 Å². The predicted octanol–water partition coefficient (Wildman–Crippen LogP) is 3.98. The highest BCUT2D eigenvalue weighted by Gasteiger charge is 2.22. The molecule has 9 nitrogen and oxygen atoms in total. The molecule has 4 rings (SSSR count). The number of aromatic nitrogens is 3. The van der Waals surface area contributed by atoms with Crippen molar-refractivity contribution in [3.63, 3.8) is 0 Å². The molecule has 198 valence electrons. The number of nitrogens with one attached hydrogen (secondary N) is 2. The molecule has 0 saturated heterocycles. The molecule has 9 heteroatoms. The third-order valence-corrected chi connectivity index (χ3v) is 6.41. The molecule has 2 N–H and O–H groups in total. The number of nitriles is 1. The predicted molar refractivity (Wildman–Crippen MR) is 150 cm³/mol. The van der Waals surface area contributed by atoms with Gasteiger partial charge in [-0.2, -0.15) is 10.4 Å². The van der Waals surface area contributed by atoms with Crippen molar-refractivity contribution in [1.29, 1.82) is 5.26 Å². The summed E-state index contributed by atoms with van der Waals surface area (Å²) in [5, 5.41) is 19.6. The van der Waals surface area contributed by atoms with E-state index in [1.165, 1.54) is 4.90 Å². The molecule has 39 heavy (non-hydrogen) atoms. The van der Waals surface area contributed by atoms with Gasteiger partial charge in [0.1, 0.15) is 18.4 Å². The van der Waals surface area contributed by atoms with Crippen LogP contribution >= 0.6 is 0 Å². The number of hydrogen-bond donors (Lipinski definition) is 2. The van der Waals surface area contributed by atoms with E-state index in [0.29, 0.717) is 17.9 Å². The van der Waals surface area contributed by atoms with Crippen LogP contribution in [0.2, 0.25) is 0 Å². The Morgan fingerprint density at radius 2 is 1.72 bits per heavy atom. The van der Waals surface area contributed by atoms with Crippen LogP contribution in [0.3, 0.4) is 0 Å². The molecule has 0 aliphatic heterocycles. The van der Waals surface area contributed by atoms with Gasteiger partial charge >= 0.3 is 0 Å². The Bertz CT molecular complexity index is 1440. The third-order valence-electron chi connectivity index (χ3n) is 6.41. The van der Waals surface area contributed by atoms with E-state index < -0.39 is 6.04 Å². The molecule has 2 aromatic heterocycles. The summed E-state index contributed by atoms with van der Waals surface area (Å²) in [7, 11) is 3.41. The van der Waals surface area contributed by atoms with Crippen LogP contribution in [-0.4, -0.2) is 52.1 Å². The average Bonchev–Trinajstić information content (AvgIpc) is 3.42. The summed E-state index contributed by atoms with van der Waals surface area (Å²) in [6, 6.07) is 22.2. The Labute approximate surface area is 228 Å². The number of rotatable bonds is 10. The normalized spacial score (nSPS) is 12.3. The largest absolute Gasteiger partial charge is 0.347 e.